The number of unbranched alkanes of at least 4 members (excludes halogenated alkanes) is 54. The zero-order valence-electron chi connectivity index (χ0n) is 82.8. The van der Waals surface area contributed by atoms with Crippen LogP contribution in [0, 0.1) is 0 Å². The Kier molecular flexibility index (Phi) is 98.8. The Morgan fingerprint density at radius 3 is 0.612 bits per heavy atom. The van der Waals surface area contributed by atoms with E-state index in [1.807, 2.05) is 0 Å². The molecule has 0 fully saturated rings. The van der Waals surface area contributed by atoms with Crippen molar-refractivity contribution in [2.75, 3.05) is 39.6 Å². The quantitative estimate of drug-likeness (QED) is 0.0146. The van der Waals surface area contributed by atoms with Crippen molar-refractivity contribution >= 4 is 33.6 Å². The summed E-state index contributed by atoms with van der Waals surface area (Å²) < 4.78 is 61.8. The Morgan fingerprint density at radius 1 is 0.217 bits per heavy atom. The highest BCUT2D eigenvalue weighted by atomic mass is 31.2. The molecule has 4 N–H and O–H groups in total. The van der Waals surface area contributed by atoms with Crippen molar-refractivity contribution in [2.45, 2.75) is 501 Å². The third-order valence-electron chi connectivity index (χ3n) is 23.0. The van der Waals surface area contributed by atoms with Gasteiger partial charge in [-0.1, -0.05) is 456 Å². The number of phosphoric acid groups is 2. The number of phosphoric ester groups is 2. The topological polar surface area (TPSA) is 231 Å². The maximum Gasteiger partial charge on any atom is 0.472 e. The predicted octanol–water partition coefficient (Wildman–Crippen LogP) is 33.8. The van der Waals surface area contributed by atoms with Crippen LogP contribution in [-0.4, -0.2) is 95.9 Å². The van der Waals surface area contributed by atoms with E-state index >= 15 is 0 Å². The molecule has 0 aliphatic heterocycles. The average molecular weight is 1850 g/mol. The molecule has 5 atom stereocenters. The number of hydrogen-bond acceptors (Lipinski definition) is 14. The molecule has 0 rings (SSSR count). The number of aliphatic hydroxyl groups is 2. The molecule has 0 aromatic rings. The summed E-state index contributed by atoms with van der Waals surface area (Å²) in [7, 11) is -9.82. The van der Waals surface area contributed by atoms with Gasteiger partial charge in [0.25, 0.3) is 0 Å². The van der Waals surface area contributed by atoms with E-state index in [1.54, 1.807) is 0 Å². The van der Waals surface area contributed by atoms with E-state index in [2.05, 4.69) is 167 Å². The number of carbonyl (C=O) groups excluding carboxylic acids is 3. The number of ether oxygens (including phenoxy) is 3. The number of esters is 3. The fraction of sp³-hybridized carbons (Fsp3) is 0.757. The van der Waals surface area contributed by atoms with Crippen molar-refractivity contribution in [1.82, 2.24) is 0 Å². The molecule has 746 valence electrons. The molecule has 0 aliphatic rings. The van der Waals surface area contributed by atoms with Crippen molar-refractivity contribution in [3.8, 4) is 0 Å². The molecule has 0 aromatic heterocycles. The Labute approximate surface area is 791 Å². The summed E-state index contributed by atoms with van der Waals surface area (Å²) in [5.74, 6) is -1.55. The van der Waals surface area contributed by atoms with E-state index in [1.165, 1.54) is 295 Å². The zero-order valence-corrected chi connectivity index (χ0v) is 84.6. The molecule has 0 radical (unpaired) electrons. The molecule has 18 heteroatoms. The molecule has 0 spiro atoms. The van der Waals surface area contributed by atoms with Crippen molar-refractivity contribution in [3.63, 3.8) is 0 Å². The van der Waals surface area contributed by atoms with E-state index in [9.17, 15) is 43.5 Å². The van der Waals surface area contributed by atoms with Crippen molar-refractivity contribution < 1.29 is 75.8 Å². The molecular formula is C111H196O16P2. The van der Waals surface area contributed by atoms with Gasteiger partial charge < -0.3 is 34.2 Å². The maximum atomic E-state index is 13.1. The van der Waals surface area contributed by atoms with Gasteiger partial charge >= 0.3 is 33.6 Å². The average Bonchev–Trinajstić information content (AvgIpc) is 0.899. The van der Waals surface area contributed by atoms with Gasteiger partial charge in [-0.25, -0.2) is 9.13 Å². The lowest BCUT2D eigenvalue weighted by Crippen LogP contribution is -2.30. The molecule has 0 bridgehead atoms. The zero-order chi connectivity index (χ0) is 93.5. The van der Waals surface area contributed by atoms with Crippen molar-refractivity contribution in [1.29, 1.82) is 0 Å². The Bertz CT molecular complexity index is 2920. The minimum atomic E-state index is -4.95. The van der Waals surface area contributed by atoms with Gasteiger partial charge in [0.15, 0.2) is 6.10 Å². The highest BCUT2D eigenvalue weighted by Crippen LogP contribution is 2.45. The molecule has 0 heterocycles. The second kappa shape index (κ2) is 102. The normalized spacial score (nSPS) is 14.2. The van der Waals surface area contributed by atoms with E-state index in [4.69, 9.17) is 32.3 Å². The lowest BCUT2D eigenvalue weighted by atomic mass is 10.0. The Morgan fingerprint density at radius 2 is 0.388 bits per heavy atom. The first-order valence-corrected chi connectivity index (χ1v) is 56.1. The molecule has 0 saturated carbocycles. The first-order chi connectivity index (χ1) is 63.2. The van der Waals surface area contributed by atoms with Gasteiger partial charge in [0.1, 0.15) is 25.4 Å². The molecular weight excluding hydrogens is 1650 g/mol. The lowest BCUT2D eigenvalue weighted by Gasteiger charge is -2.21. The summed E-state index contributed by atoms with van der Waals surface area (Å²) in [6.07, 6.45) is 132. The van der Waals surface area contributed by atoms with E-state index < -0.39 is 91.5 Å². The fourth-order valence-electron chi connectivity index (χ4n) is 14.9. The van der Waals surface area contributed by atoms with Gasteiger partial charge in [-0.3, -0.25) is 32.5 Å². The highest BCUT2D eigenvalue weighted by molar-refractivity contribution is 7.47. The minimum Gasteiger partial charge on any atom is -0.463 e. The monoisotopic (exact) mass is 1850 g/mol. The van der Waals surface area contributed by atoms with Crippen LogP contribution in [-0.2, 0) is 55.8 Å². The van der Waals surface area contributed by atoms with Crippen LogP contribution in [0.4, 0.5) is 0 Å². The van der Waals surface area contributed by atoms with Gasteiger partial charge in [-0.05, 0) is 154 Å². The van der Waals surface area contributed by atoms with Crippen LogP contribution in [0.25, 0.3) is 0 Å². The van der Waals surface area contributed by atoms with Gasteiger partial charge in [-0.15, -0.1) is 0 Å². The van der Waals surface area contributed by atoms with E-state index in [0.29, 0.717) is 19.3 Å². The molecule has 0 aromatic carbocycles. The van der Waals surface area contributed by atoms with E-state index in [0.717, 1.165) is 128 Å². The van der Waals surface area contributed by atoms with Crippen LogP contribution in [0.2, 0.25) is 0 Å². The molecule has 129 heavy (non-hydrogen) atoms. The molecule has 0 aliphatic carbocycles. The molecule has 5 unspecified atom stereocenters. The van der Waals surface area contributed by atoms with Gasteiger partial charge in [-0.2, -0.15) is 0 Å². The number of hydrogen-bond donors (Lipinski definition) is 4. The third-order valence-corrected chi connectivity index (χ3v) is 24.9. The SMILES string of the molecule is CCCCC/C=C\C/C=C\C/C=C\C/C=C\CCCCCCCCCCCCCCCCCCCCCC(=O)OCC(O)COP(=O)(O)OCC(O)COP(=O)(O)OCC(COC(=O)CCCCCCCCCCCCCCCCC/C=C\C/C=C\C/C=C\C/C=C\CCCCC)OC(=O)CCCCCCCCCCCCC/C=C\C/C=C\C/C=C\C/C=C\CCCCC. The first-order valence-electron chi connectivity index (χ1n) is 53.1. The molecule has 0 saturated heterocycles. The minimum absolute atomic E-state index is 0.1000. The standard InChI is InChI=1S/C111H196O16P2/c1-4-7-10-13-16-19-22-25-28-31-34-37-40-43-46-48-50-51-52-53-55-57-59-61-64-67-70-73-76-79-82-85-88-91-94-97-109(114)121-100-106(112)101-123-128(117,118)124-102-107(113)103-125-129(119,120)126-105-108(127-111(116)99-96-93-90-87-84-81-78-75-72-69-66-63-58-45-42-39-36-33-30-27-24-21-18-15-12-9-6-3)104-122-110(115)98-95-92-89-86-83-80-77-74-71-68-65-62-60-56-54-49-47-44-41-38-35-32-29-26-23-20-17-14-11-8-5-2/h16-21,25-30,34-39,43-47,58,106-108,112-113H,4-15,22-24,31-33,40-42,48-57,59-105H2,1-3H3,(H,117,118)(H,119,120)/b19-16-,20-17-,21-18-,28-25-,29-26-,30-27-,37-34-,38-35-,39-36-,46-43-,47-44-,58-45-. The van der Waals surface area contributed by atoms with Crippen molar-refractivity contribution in [3.05, 3.63) is 146 Å². The summed E-state index contributed by atoms with van der Waals surface area (Å²) in [6, 6.07) is 0. The van der Waals surface area contributed by atoms with Gasteiger partial charge in [0, 0.05) is 19.3 Å². The first kappa shape index (κ1) is 124. The number of aliphatic hydroxyl groups excluding tert-OH is 2. The molecule has 0 amide bonds. The largest absolute Gasteiger partial charge is 0.472 e. The van der Waals surface area contributed by atoms with Crippen LogP contribution in [0.15, 0.2) is 146 Å². The van der Waals surface area contributed by atoms with E-state index in [-0.39, 0.29) is 19.3 Å². The second-order valence-electron chi connectivity index (χ2n) is 35.7. The summed E-state index contributed by atoms with van der Waals surface area (Å²) >= 11 is 0. The van der Waals surface area contributed by atoms with Crippen molar-refractivity contribution in [2.24, 2.45) is 0 Å². The smallest absolute Gasteiger partial charge is 0.463 e. The van der Waals surface area contributed by atoms with Gasteiger partial charge in [0.05, 0.1) is 26.4 Å². The number of rotatable bonds is 101. The summed E-state index contributed by atoms with van der Waals surface area (Å²) in [6.45, 7) is 2.69. The second-order valence-corrected chi connectivity index (χ2v) is 38.6. The van der Waals surface area contributed by atoms with Crippen LogP contribution < -0.4 is 0 Å². The number of carbonyl (C=O) groups is 3. The third kappa shape index (κ3) is 104. The lowest BCUT2D eigenvalue weighted by molar-refractivity contribution is -0.161. The summed E-state index contributed by atoms with van der Waals surface area (Å²) in [4.78, 5) is 59.3. The predicted molar refractivity (Wildman–Crippen MR) is 546 cm³/mol. The Hall–Kier alpha value is -4.57. The van der Waals surface area contributed by atoms with Crippen LogP contribution in [0.1, 0.15) is 483 Å². The summed E-state index contributed by atoms with van der Waals surface area (Å²) in [5.41, 5.74) is 0. The molecule has 16 nitrogen and oxygen atoms in total. The van der Waals surface area contributed by atoms with Crippen LogP contribution >= 0.6 is 15.6 Å². The maximum absolute atomic E-state index is 13.1. The number of allylic oxidation sites excluding steroid dienone is 24. The highest BCUT2D eigenvalue weighted by Gasteiger charge is 2.30. The van der Waals surface area contributed by atoms with Gasteiger partial charge in [0.2, 0.25) is 0 Å². The van der Waals surface area contributed by atoms with Crippen LogP contribution in [0.5, 0.6) is 0 Å². The Balaban J connectivity index is 4.57. The summed E-state index contributed by atoms with van der Waals surface area (Å²) in [5, 5.41) is 20.8. The fourth-order valence-corrected chi connectivity index (χ4v) is 16.5. The van der Waals surface area contributed by atoms with Crippen LogP contribution in [0.3, 0.4) is 0 Å².